The number of carbonyl (C=O) groups excluding carboxylic acids is 2. The van der Waals surface area contributed by atoms with Crippen molar-refractivity contribution in [3.05, 3.63) is 116 Å². The first kappa shape index (κ1) is 41.7. The minimum Gasteiger partial charge on any atom is -0.486 e. The molecule has 2 aromatic heterocycles. The summed E-state index contributed by atoms with van der Waals surface area (Å²) >= 11 is 6.09. The Morgan fingerprint density at radius 2 is 1.40 bits per heavy atom. The number of halogens is 5. The zero-order valence-electron chi connectivity index (χ0n) is 31.6. The molecule has 0 spiro atoms. The Kier molecular flexibility index (Phi) is 14.2. The lowest BCUT2D eigenvalue weighted by atomic mass is 9.88. The lowest BCUT2D eigenvalue weighted by Crippen LogP contribution is -2.14. The summed E-state index contributed by atoms with van der Waals surface area (Å²) in [4.78, 5) is 42.3. The third kappa shape index (κ3) is 11.1. The van der Waals surface area contributed by atoms with Crippen LogP contribution in [0.3, 0.4) is 0 Å². The highest BCUT2D eigenvalue weighted by Gasteiger charge is 2.30. The van der Waals surface area contributed by atoms with Crippen molar-refractivity contribution in [3.8, 4) is 5.75 Å². The summed E-state index contributed by atoms with van der Waals surface area (Å²) in [5.41, 5.74) is 7.17. The molecule has 57 heavy (non-hydrogen) atoms. The quantitative estimate of drug-likeness (QED) is 0.0851. The van der Waals surface area contributed by atoms with Gasteiger partial charge in [0.05, 0.1) is 55.2 Å². The predicted molar refractivity (Wildman–Crippen MR) is 203 cm³/mol. The molecule has 15 heteroatoms. The topological polar surface area (TPSA) is 123 Å². The van der Waals surface area contributed by atoms with Gasteiger partial charge in [-0.1, -0.05) is 48.0 Å². The van der Waals surface area contributed by atoms with Crippen LogP contribution in [0.4, 0.5) is 17.6 Å². The van der Waals surface area contributed by atoms with Crippen molar-refractivity contribution in [1.29, 1.82) is 0 Å². The summed E-state index contributed by atoms with van der Waals surface area (Å²) < 4.78 is 71.5. The maximum Gasteiger partial charge on any atom is 0.358 e. The molecular formula is C42H43ClF4N4O6. The second-order valence-corrected chi connectivity index (χ2v) is 14.3. The number of ether oxygens (including phenoxy) is 4. The third-order valence-electron chi connectivity index (χ3n) is 9.80. The molecule has 0 N–H and O–H groups in total. The first-order valence-electron chi connectivity index (χ1n) is 18.8. The minimum atomic E-state index is -2.62. The van der Waals surface area contributed by atoms with Crippen molar-refractivity contribution in [1.82, 2.24) is 19.9 Å². The van der Waals surface area contributed by atoms with E-state index in [1.165, 1.54) is 14.2 Å². The van der Waals surface area contributed by atoms with Crippen LogP contribution >= 0.6 is 11.6 Å². The van der Waals surface area contributed by atoms with E-state index in [2.05, 4.69) is 19.9 Å². The van der Waals surface area contributed by atoms with Gasteiger partial charge in [-0.3, -0.25) is 9.97 Å². The molecule has 10 nitrogen and oxygen atoms in total. The summed E-state index contributed by atoms with van der Waals surface area (Å²) in [6.45, 7) is 0.367. The normalized spacial score (nSPS) is 15.1. The molecule has 1 aliphatic heterocycles. The fourth-order valence-electron chi connectivity index (χ4n) is 6.57. The van der Waals surface area contributed by atoms with E-state index in [4.69, 9.17) is 30.5 Å². The van der Waals surface area contributed by atoms with E-state index in [1.807, 2.05) is 24.3 Å². The van der Waals surface area contributed by atoms with Gasteiger partial charge in [0.25, 0.3) is 6.43 Å². The summed E-state index contributed by atoms with van der Waals surface area (Å²) in [5, 5.41) is 0.213. The smallest absolute Gasteiger partial charge is 0.358 e. The van der Waals surface area contributed by atoms with Gasteiger partial charge < -0.3 is 18.9 Å². The number of methoxy groups -OCH3 is 2. The Bertz CT molecular complexity index is 2090. The Balaban J connectivity index is 0.000000196. The van der Waals surface area contributed by atoms with Crippen molar-refractivity contribution in [3.63, 3.8) is 0 Å². The predicted octanol–water partition coefficient (Wildman–Crippen LogP) is 8.76. The summed E-state index contributed by atoms with van der Waals surface area (Å²) in [7, 11) is 2.60. The molecule has 7 rings (SSSR count). The lowest BCUT2D eigenvalue weighted by molar-refractivity contribution is 0.0583. The maximum atomic E-state index is 13.1. The van der Waals surface area contributed by atoms with Gasteiger partial charge in [-0.25, -0.2) is 37.1 Å². The standard InChI is InChI=1S/C24H26F2N2O3.C18H17ClF2N2O3/c1-30-24(29)23-20(27-14-21(28-23)16-5-6-16)13-17-3-2-4-18(15-9-11-31-12-10-15)19(17)7-8-22(25)26;1-25-18(24)16-13(22-8-14(23-16)10-5-6-10)7-11-3-2-4-12(19)17(11)26-9-15(20)21/h2-4,9,14,16,22H,5-8,10-13H2,1H3;2-4,8,10,15H,5-7,9H2,1H3. The van der Waals surface area contributed by atoms with Crippen LogP contribution in [0.5, 0.6) is 5.75 Å². The van der Waals surface area contributed by atoms with Gasteiger partial charge in [0.15, 0.2) is 11.4 Å². The Hall–Kier alpha value is -4.95. The molecule has 0 amide bonds. The van der Waals surface area contributed by atoms with Gasteiger partial charge in [0, 0.05) is 49.1 Å². The van der Waals surface area contributed by atoms with Crippen LogP contribution in [0.2, 0.25) is 5.02 Å². The molecule has 0 bridgehead atoms. The number of nitrogens with zero attached hydrogens (tertiary/aromatic N) is 4. The monoisotopic (exact) mass is 810 g/mol. The van der Waals surface area contributed by atoms with E-state index < -0.39 is 31.4 Å². The molecular weight excluding hydrogens is 768 g/mol. The average molecular weight is 811 g/mol. The van der Waals surface area contributed by atoms with Crippen molar-refractivity contribution in [2.75, 3.05) is 34.0 Å². The van der Waals surface area contributed by atoms with E-state index >= 15 is 0 Å². The zero-order chi connectivity index (χ0) is 40.5. The van der Waals surface area contributed by atoms with Gasteiger partial charge >= 0.3 is 11.9 Å². The Labute approximate surface area is 333 Å². The number of para-hydroxylation sites is 1. The number of alkyl halides is 4. The van der Waals surface area contributed by atoms with Gasteiger partial charge in [-0.15, -0.1) is 0 Å². The van der Waals surface area contributed by atoms with E-state index in [-0.39, 0.29) is 41.4 Å². The first-order chi connectivity index (χ1) is 27.6. The van der Waals surface area contributed by atoms with Crippen LogP contribution < -0.4 is 4.74 Å². The molecule has 2 fully saturated rings. The highest BCUT2D eigenvalue weighted by atomic mass is 35.5. The molecule has 302 valence electrons. The van der Waals surface area contributed by atoms with Gasteiger partial charge in [-0.05, 0) is 66.9 Å². The van der Waals surface area contributed by atoms with Gasteiger partial charge in [-0.2, -0.15) is 0 Å². The highest BCUT2D eigenvalue weighted by molar-refractivity contribution is 6.32. The maximum absolute atomic E-state index is 13.1. The van der Waals surface area contributed by atoms with Crippen LogP contribution in [0.25, 0.3) is 5.57 Å². The number of hydrogen-bond donors (Lipinski definition) is 0. The van der Waals surface area contributed by atoms with E-state index in [0.29, 0.717) is 48.4 Å². The van der Waals surface area contributed by atoms with Crippen molar-refractivity contribution in [2.24, 2.45) is 0 Å². The second-order valence-electron chi connectivity index (χ2n) is 13.9. The molecule has 4 aromatic rings. The van der Waals surface area contributed by atoms with Crippen LogP contribution in [0.1, 0.15) is 116 Å². The Morgan fingerprint density at radius 3 is 1.93 bits per heavy atom. The van der Waals surface area contributed by atoms with E-state index in [0.717, 1.165) is 65.8 Å². The molecule has 0 radical (unpaired) electrons. The van der Waals surface area contributed by atoms with Crippen LogP contribution in [-0.4, -0.2) is 78.8 Å². The second kappa shape index (κ2) is 19.5. The molecule has 2 aliphatic carbocycles. The summed E-state index contributed by atoms with van der Waals surface area (Å²) in [5.74, 6) is -0.278. The van der Waals surface area contributed by atoms with Crippen molar-refractivity contribution in [2.45, 2.75) is 82.5 Å². The largest absolute Gasteiger partial charge is 0.486 e. The number of benzene rings is 2. The molecule has 0 saturated heterocycles. The summed E-state index contributed by atoms with van der Waals surface area (Å²) in [6.07, 6.45) is 5.78. The summed E-state index contributed by atoms with van der Waals surface area (Å²) in [6, 6.07) is 10.7. The first-order valence-corrected chi connectivity index (χ1v) is 19.2. The molecule has 0 atom stereocenters. The van der Waals surface area contributed by atoms with Crippen LogP contribution in [0, 0.1) is 0 Å². The number of esters is 2. The number of aromatic nitrogens is 4. The zero-order valence-corrected chi connectivity index (χ0v) is 32.4. The van der Waals surface area contributed by atoms with Gasteiger partial charge in [0.2, 0.25) is 6.43 Å². The van der Waals surface area contributed by atoms with Crippen molar-refractivity contribution < 1.29 is 46.1 Å². The fraction of sp³-hybridized carbons (Fsp3) is 0.429. The van der Waals surface area contributed by atoms with E-state index in [9.17, 15) is 27.2 Å². The Morgan fingerprint density at radius 1 is 0.825 bits per heavy atom. The molecule has 2 saturated carbocycles. The van der Waals surface area contributed by atoms with E-state index in [1.54, 1.807) is 30.6 Å². The van der Waals surface area contributed by atoms with Crippen molar-refractivity contribution >= 4 is 29.1 Å². The van der Waals surface area contributed by atoms with Gasteiger partial charge in [0.1, 0.15) is 12.4 Å². The molecule has 3 aliphatic rings. The number of hydrogen-bond acceptors (Lipinski definition) is 10. The SMILES string of the molecule is COC(=O)c1nc(C2CC2)cnc1Cc1cccc(C2=CCOCC2)c1CCC(F)F.COC(=O)c1nc(C2CC2)cnc1Cc1cccc(Cl)c1OCC(F)F. The molecule has 0 unspecified atom stereocenters. The minimum absolute atomic E-state index is 0.122. The number of carbonyl (C=O) groups is 2. The lowest BCUT2D eigenvalue weighted by Gasteiger charge is -2.20. The highest BCUT2D eigenvalue weighted by Crippen LogP contribution is 2.40. The average Bonchev–Trinajstić information content (AvgIpc) is 4.15. The molecule has 2 aromatic carbocycles. The van der Waals surface area contributed by atoms with Crippen LogP contribution in [-0.2, 0) is 33.5 Å². The molecule has 3 heterocycles. The third-order valence-corrected chi connectivity index (χ3v) is 10.1. The fourth-order valence-corrected chi connectivity index (χ4v) is 6.82. The van der Waals surface area contributed by atoms with Crippen LogP contribution in [0.15, 0.2) is 54.9 Å². The number of rotatable bonds is 15.